The molecule has 0 spiro atoms. The smallest absolute Gasteiger partial charge is 0.352 e. The van der Waals surface area contributed by atoms with Crippen molar-refractivity contribution in [1.82, 2.24) is 20.1 Å². The van der Waals surface area contributed by atoms with Gasteiger partial charge in [-0.3, -0.25) is 0 Å². The highest BCUT2D eigenvalue weighted by atomic mass is 79.9. The minimum absolute atomic E-state index is 0.108. The number of halogens is 5. The molecule has 142 valence electrons. The van der Waals surface area contributed by atoms with E-state index in [1.807, 2.05) is 4.90 Å². The lowest BCUT2D eigenvalue weighted by Crippen LogP contribution is -2.47. The molecule has 1 fully saturated rings. The van der Waals surface area contributed by atoms with Crippen LogP contribution in [-0.4, -0.2) is 46.3 Å². The standard InChI is InChI=1S/C15H11BrF4N6O/c16-10-6-8(17)5-9-11(10)21-7-22-12(9)25-1-3-26(4-2-25)14-23-13(27-24-14)15(18,19)20/h5-7H,1-4H2. The molecule has 1 aliphatic rings. The fraction of sp³-hybridized carbons (Fsp3) is 0.333. The van der Waals surface area contributed by atoms with Crippen LogP contribution in [-0.2, 0) is 6.18 Å². The molecule has 0 N–H and O–H groups in total. The molecular weight excluding hydrogens is 436 g/mol. The minimum atomic E-state index is -4.68. The maximum Gasteiger partial charge on any atom is 0.471 e. The summed E-state index contributed by atoms with van der Waals surface area (Å²) in [6, 6.07) is 2.68. The second-order valence-corrected chi connectivity index (χ2v) is 6.71. The third kappa shape index (κ3) is 3.40. The first-order valence-electron chi connectivity index (χ1n) is 7.83. The third-order valence-corrected chi connectivity index (χ3v) is 4.76. The summed E-state index contributed by atoms with van der Waals surface area (Å²) in [5.74, 6) is -1.34. The molecule has 0 amide bonds. The zero-order valence-corrected chi connectivity index (χ0v) is 15.1. The Balaban J connectivity index is 1.55. The van der Waals surface area contributed by atoms with E-state index >= 15 is 0 Å². The Morgan fingerprint density at radius 1 is 1.04 bits per heavy atom. The first-order valence-corrected chi connectivity index (χ1v) is 8.63. The van der Waals surface area contributed by atoms with Crippen molar-refractivity contribution in [2.75, 3.05) is 36.0 Å². The van der Waals surface area contributed by atoms with Crippen molar-refractivity contribution in [3.63, 3.8) is 0 Å². The summed E-state index contributed by atoms with van der Waals surface area (Å²) in [5.41, 5.74) is 0.580. The van der Waals surface area contributed by atoms with Crippen LogP contribution in [0.3, 0.4) is 0 Å². The molecule has 1 saturated heterocycles. The van der Waals surface area contributed by atoms with Gasteiger partial charge >= 0.3 is 12.1 Å². The monoisotopic (exact) mass is 446 g/mol. The second kappa shape index (κ2) is 6.59. The van der Waals surface area contributed by atoms with Crippen LogP contribution in [0.4, 0.5) is 29.3 Å². The summed E-state index contributed by atoms with van der Waals surface area (Å²) in [6.45, 7) is 1.60. The Morgan fingerprint density at radius 2 is 1.74 bits per heavy atom. The lowest BCUT2D eigenvalue weighted by molar-refractivity contribution is -0.159. The van der Waals surface area contributed by atoms with Gasteiger partial charge in [0.15, 0.2) is 0 Å². The number of anilines is 2. The van der Waals surface area contributed by atoms with E-state index in [1.165, 1.54) is 18.5 Å². The van der Waals surface area contributed by atoms with Crippen molar-refractivity contribution in [3.05, 3.63) is 34.6 Å². The average Bonchev–Trinajstić information content (AvgIpc) is 3.12. The van der Waals surface area contributed by atoms with E-state index in [0.717, 1.165) is 0 Å². The molecule has 0 saturated carbocycles. The van der Waals surface area contributed by atoms with E-state index in [0.29, 0.717) is 47.4 Å². The summed E-state index contributed by atoms with van der Waals surface area (Å²) in [6.07, 6.45) is -3.29. The molecule has 0 radical (unpaired) electrons. The molecule has 4 rings (SSSR count). The van der Waals surface area contributed by atoms with Gasteiger partial charge in [0, 0.05) is 36.0 Å². The van der Waals surface area contributed by atoms with Crippen molar-refractivity contribution < 1.29 is 22.1 Å². The Morgan fingerprint density at radius 3 is 2.41 bits per heavy atom. The summed E-state index contributed by atoms with van der Waals surface area (Å²) in [7, 11) is 0. The van der Waals surface area contributed by atoms with E-state index in [1.54, 1.807) is 4.90 Å². The molecule has 3 heterocycles. The van der Waals surface area contributed by atoms with Gasteiger partial charge in [-0.2, -0.15) is 18.2 Å². The molecule has 12 heteroatoms. The van der Waals surface area contributed by atoms with Crippen LogP contribution >= 0.6 is 15.9 Å². The molecule has 0 bridgehead atoms. The van der Waals surface area contributed by atoms with Gasteiger partial charge in [0.2, 0.25) is 0 Å². The van der Waals surface area contributed by atoms with Crippen molar-refractivity contribution >= 4 is 38.6 Å². The van der Waals surface area contributed by atoms with Crippen LogP contribution in [0.15, 0.2) is 27.5 Å². The molecule has 0 unspecified atom stereocenters. The topological polar surface area (TPSA) is 71.2 Å². The Kier molecular flexibility index (Phi) is 4.36. The van der Waals surface area contributed by atoms with E-state index in [9.17, 15) is 17.6 Å². The number of benzene rings is 1. The van der Waals surface area contributed by atoms with Crippen LogP contribution in [0.2, 0.25) is 0 Å². The number of alkyl halides is 3. The SMILES string of the molecule is Fc1cc(Br)c2ncnc(N3CCN(c4noc(C(F)(F)F)n4)CC3)c2c1. The predicted octanol–water partition coefficient (Wildman–Crippen LogP) is 3.26. The minimum Gasteiger partial charge on any atom is -0.352 e. The first kappa shape index (κ1) is 17.9. The third-order valence-electron chi connectivity index (χ3n) is 4.16. The van der Waals surface area contributed by atoms with Crippen LogP contribution in [0.25, 0.3) is 10.9 Å². The first-order chi connectivity index (χ1) is 12.8. The molecule has 3 aromatic rings. The van der Waals surface area contributed by atoms with Gasteiger partial charge in [-0.05, 0) is 33.2 Å². The van der Waals surface area contributed by atoms with Crippen LogP contribution < -0.4 is 9.80 Å². The van der Waals surface area contributed by atoms with Gasteiger partial charge in [-0.25, -0.2) is 14.4 Å². The van der Waals surface area contributed by atoms with Crippen molar-refractivity contribution in [2.45, 2.75) is 6.18 Å². The highest BCUT2D eigenvalue weighted by molar-refractivity contribution is 9.10. The number of piperazine rings is 1. The number of hydrogen-bond acceptors (Lipinski definition) is 7. The normalized spacial score (nSPS) is 15.6. The van der Waals surface area contributed by atoms with Crippen molar-refractivity contribution in [2.24, 2.45) is 0 Å². The Bertz CT molecular complexity index is 986. The lowest BCUT2D eigenvalue weighted by Gasteiger charge is -2.35. The fourth-order valence-corrected chi connectivity index (χ4v) is 3.44. The predicted molar refractivity (Wildman–Crippen MR) is 90.9 cm³/mol. The van der Waals surface area contributed by atoms with Gasteiger partial charge < -0.3 is 14.3 Å². The van der Waals surface area contributed by atoms with E-state index < -0.39 is 17.9 Å². The maximum atomic E-state index is 13.8. The highest BCUT2D eigenvalue weighted by Gasteiger charge is 2.39. The van der Waals surface area contributed by atoms with E-state index in [2.05, 4.69) is 40.6 Å². The lowest BCUT2D eigenvalue weighted by atomic mass is 10.2. The van der Waals surface area contributed by atoms with Gasteiger partial charge in [0.25, 0.3) is 5.95 Å². The van der Waals surface area contributed by atoms with Gasteiger partial charge in [0.1, 0.15) is 18.0 Å². The molecule has 1 aromatic carbocycles. The number of nitrogens with zero attached hydrogens (tertiary/aromatic N) is 6. The molecular formula is C15H11BrF4N6O. The molecule has 7 nitrogen and oxygen atoms in total. The summed E-state index contributed by atoms with van der Waals surface area (Å²) in [4.78, 5) is 15.3. The Hall–Kier alpha value is -2.50. The van der Waals surface area contributed by atoms with Gasteiger partial charge in [-0.1, -0.05) is 0 Å². The average molecular weight is 447 g/mol. The number of fused-ring (bicyclic) bond motifs is 1. The van der Waals surface area contributed by atoms with Gasteiger partial charge in [0.05, 0.1) is 5.52 Å². The largest absolute Gasteiger partial charge is 0.471 e. The van der Waals surface area contributed by atoms with Gasteiger partial charge in [-0.15, -0.1) is 0 Å². The number of hydrogen-bond donors (Lipinski definition) is 0. The van der Waals surface area contributed by atoms with Crippen LogP contribution in [0.5, 0.6) is 0 Å². The maximum absolute atomic E-state index is 13.8. The molecule has 1 aliphatic heterocycles. The molecule has 0 atom stereocenters. The molecule has 0 aliphatic carbocycles. The zero-order valence-electron chi connectivity index (χ0n) is 13.5. The van der Waals surface area contributed by atoms with Crippen LogP contribution in [0, 0.1) is 5.82 Å². The Labute approximate surface area is 158 Å². The summed E-state index contributed by atoms with van der Waals surface area (Å²) in [5, 5.41) is 3.95. The highest BCUT2D eigenvalue weighted by Crippen LogP contribution is 2.31. The van der Waals surface area contributed by atoms with Crippen LogP contribution in [0.1, 0.15) is 5.89 Å². The van der Waals surface area contributed by atoms with E-state index in [4.69, 9.17) is 0 Å². The summed E-state index contributed by atoms with van der Waals surface area (Å²) >= 11 is 3.29. The quantitative estimate of drug-likeness (QED) is 0.559. The summed E-state index contributed by atoms with van der Waals surface area (Å²) < 4.78 is 56.4. The zero-order chi connectivity index (χ0) is 19.2. The number of rotatable bonds is 2. The molecule has 2 aromatic heterocycles. The number of aromatic nitrogens is 4. The van der Waals surface area contributed by atoms with Crippen molar-refractivity contribution in [3.8, 4) is 0 Å². The molecule has 27 heavy (non-hydrogen) atoms. The second-order valence-electron chi connectivity index (χ2n) is 5.85. The van der Waals surface area contributed by atoms with Crippen molar-refractivity contribution in [1.29, 1.82) is 0 Å². The van der Waals surface area contributed by atoms with E-state index in [-0.39, 0.29) is 5.95 Å². The fourth-order valence-electron chi connectivity index (χ4n) is 2.91.